The van der Waals surface area contributed by atoms with Crippen molar-refractivity contribution in [3.63, 3.8) is 0 Å². The average Bonchev–Trinajstić information content (AvgIpc) is 3.10. The Bertz CT molecular complexity index is 674. The molecular formula is C20H24N2OS. The van der Waals surface area contributed by atoms with E-state index in [1.807, 2.05) is 41.8 Å². The maximum atomic E-state index is 12.0. The number of hydrogen-bond donors (Lipinski definition) is 2. The Morgan fingerprint density at radius 3 is 2.62 bits per heavy atom. The molecule has 0 bridgehead atoms. The Morgan fingerprint density at radius 2 is 1.92 bits per heavy atom. The van der Waals surface area contributed by atoms with Crippen LogP contribution in [0.2, 0.25) is 0 Å². The number of hydrogen-bond acceptors (Lipinski definition) is 3. The van der Waals surface area contributed by atoms with E-state index >= 15 is 0 Å². The van der Waals surface area contributed by atoms with Crippen LogP contribution in [0.1, 0.15) is 37.0 Å². The molecule has 0 radical (unpaired) electrons. The summed E-state index contributed by atoms with van der Waals surface area (Å²) in [6.45, 7) is 0.968. The van der Waals surface area contributed by atoms with Gasteiger partial charge in [0.2, 0.25) is 5.91 Å². The van der Waals surface area contributed by atoms with Gasteiger partial charge in [-0.25, -0.2) is 0 Å². The molecule has 0 saturated heterocycles. The van der Waals surface area contributed by atoms with E-state index in [0.717, 1.165) is 29.2 Å². The van der Waals surface area contributed by atoms with E-state index in [1.54, 1.807) is 16.9 Å². The molecule has 126 valence electrons. The number of amides is 1. The van der Waals surface area contributed by atoms with Gasteiger partial charge in [-0.15, -0.1) is 11.3 Å². The van der Waals surface area contributed by atoms with Crippen molar-refractivity contribution < 1.29 is 4.79 Å². The minimum atomic E-state index is 0.0300. The highest BCUT2D eigenvalue weighted by molar-refractivity contribution is 7.10. The number of carbonyl (C=O) groups excluding carboxylic acids is 1. The number of anilines is 2. The smallest absolute Gasteiger partial charge is 0.229 e. The Hall–Kier alpha value is -2.07. The number of thiophene rings is 1. The third-order valence-corrected chi connectivity index (χ3v) is 5.12. The highest BCUT2D eigenvalue weighted by Crippen LogP contribution is 2.20. The molecule has 1 aromatic heterocycles. The number of rotatable bonds is 7. The van der Waals surface area contributed by atoms with Crippen molar-refractivity contribution in [1.29, 1.82) is 0 Å². The van der Waals surface area contributed by atoms with Crippen molar-refractivity contribution in [1.82, 2.24) is 0 Å². The van der Waals surface area contributed by atoms with E-state index in [2.05, 4.69) is 16.7 Å². The summed E-state index contributed by atoms with van der Waals surface area (Å²) in [6.07, 6.45) is 9.15. The Labute approximate surface area is 147 Å². The van der Waals surface area contributed by atoms with Gasteiger partial charge in [-0.2, -0.15) is 0 Å². The van der Waals surface area contributed by atoms with E-state index in [0.29, 0.717) is 6.42 Å². The quantitative estimate of drug-likeness (QED) is 0.677. The van der Waals surface area contributed by atoms with E-state index in [4.69, 9.17) is 0 Å². The summed E-state index contributed by atoms with van der Waals surface area (Å²) in [5.41, 5.74) is 3.53. The molecule has 24 heavy (non-hydrogen) atoms. The first-order valence-electron chi connectivity index (χ1n) is 8.64. The fraction of sp³-hybridized carbons (Fsp3) is 0.350. The number of nitrogens with one attached hydrogen (secondary N) is 2. The second-order valence-corrected chi connectivity index (χ2v) is 7.20. The number of carbonyl (C=O) groups is 1. The van der Waals surface area contributed by atoms with E-state index < -0.39 is 0 Å². The van der Waals surface area contributed by atoms with Crippen LogP contribution < -0.4 is 10.6 Å². The largest absolute Gasteiger partial charge is 0.385 e. The lowest BCUT2D eigenvalue weighted by Gasteiger charge is -2.13. The topological polar surface area (TPSA) is 41.1 Å². The Kier molecular flexibility index (Phi) is 6.07. The summed E-state index contributed by atoms with van der Waals surface area (Å²) in [5.74, 6) is 0.0300. The van der Waals surface area contributed by atoms with Crippen LogP contribution in [0.15, 0.2) is 53.4 Å². The molecule has 3 nitrogen and oxygen atoms in total. The second kappa shape index (κ2) is 8.69. The molecule has 0 fully saturated rings. The molecule has 1 aliphatic rings. The first kappa shape index (κ1) is 16.8. The summed E-state index contributed by atoms with van der Waals surface area (Å²) in [6, 6.07) is 11.9. The standard InChI is InChI=1S/C20H24N2OS/c23-20(15-19-7-4-14-24-19)22-18-10-8-17(9-11-18)21-13-12-16-5-2-1-3-6-16/h4-5,7-11,14,21H,1-3,6,12-13,15H2,(H,22,23). The second-order valence-electron chi connectivity index (χ2n) is 6.17. The zero-order valence-electron chi connectivity index (χ0n) is 13.9. The van der Waals surface area contributed by atoms with Crippen molar-refractivity contribution >= 4 is 28.6 Å². The van der Waals surface area contributed by atoms with E-state index in [1.165, 1.54) is 25.7 Å². The molecule has 0 spiro atoms. The van der Waals surface area contributed by atoms with Gasteiger partial charge in [0.05, 0.1) is 6.42 Å². The molecule has 1 heterocycles. The molecule has 3 rings (SSSR count). The summed E-state index contributed by atoms with van der Waals surface area (Å²) >= 11 is 1.61. The highest BCUT2D eigenvalue weighted by Gasteiger charge is 2.05. The highest BCUT2D eigenvalue weighted by atomic mass is 32.1. The van der Waals surface area contributed by atoms with Gasteiger partial charge < -0.3 is 10.6 Å². The number of benzene rings is 1. The molecular weight excluding hydrogens is 316 g/mol. The zero-order chi connectivity index (χ0) is 16.6. The monoisotopic (exact) mass is 340 g/mol. The zero-order valence-corrected chi connectivity index (χ0v) is 14.7. The summed E-state index contributed by atoms with van der Waals surface area (Å²) in [7, 11) is 0. The minimum absolute atomic E-state index is 0.0300. The van der Waals surface area contributed by atoms with Crippen LogP contribution in [-0.4, -0.2) is 12.5 Å². The average molecular weight is 340 g/mol. The van der Waals surface area contributed by atoms with Crippen molar-refractivity contribution in [2.75, 3.05) is 17.2 Å². The van der Waals surface area contributed by atoms with Gasteiger partial charge in [0.15, 0.2) is 0 Å². The summed E-state index contributed by atoms with van der Waals surface area (Å²) in [5, 5.41) is 8.40. The molecule has 4 heteroatoms. The maximum Gasteiger partial charge on any atom is 0.229 e. The fourth-order valence-electron chi connectivity index (χ4n) is 2.95. The summed E-state index contributed by atoms with van der Waals surface area (Å²) in [4.78, 5) is 13.1. The van der Waals surface area contributed by atoms with Crippen LogP contribution in [-0.2, 0) is 11.2 Å². The Morgan fingerprint density at radius 1 is 1.08 bits per heavy atom. The van der Waals surface area contributed by atoms with Gasteiger partial charge in [-0.3, -0.25) is 4.79 Å². The van der Waals surface area contributed by atoms with Crippen LogP contribution in [0.25, 0.3) is 0 Å². The van der Waals surface area contributed by atoms with Crippen LogP contribution in [0.5, 0.6) is 0 Å². The van der Waals surface area contributed by atoms with Gasteiger partial charge >= 0.3 is 0 Å². The Balaban J connectivity index is 1.43. The van der Waals surface area contributed by atoms with Crippen molar-refractivity contribution in [3.05, 3.63) is 58.3 Å². The molecule has 2 N–H and O–H groups in total. The summed E-state index contributed by atoms with van der Waals surface area (Å²) < 4.78 is 0. The molecule has 1 amide bonds. The number of allylic oxidation sites excluding steroid dienone is 1. The van der Waals surface area contributed by atoms with Gasteiger partial charge in [0, 0.05) is 22.8 Å². The van der Waals surface area contributed by atoms with Crippen LogP contribution >= 0.6 is 11.3 Å². The van der Waals surface area contributed by atoms with Gasteiger partial charge in [-0.1, -0.05) is 17.7 Å². The lowest BCUT2D eigenvalue weighted by Crippen LogP contribution is -2.13. The van der Waals surface area contributed by atoms with Crippen molar-refractivity contribution in [2.24, 2.45) is 0 Å². The molecule has 0 unspecified atom stereocenters. The van der Waals surface area contributed by atoms with E-state index in [-0.39, 0.29) is 5.91 Å². The maximum absolute atomic E-state index is 12.0. The van der Waals surface area contributed by atoms with Crippen LogP contribution in [0.3, 0.4) is 0 Å². The van der Waals surface area contributed by atoms with Gasteiger partial charge in [0.25, 0.3) is 0 Å². The molecule has 1 aromatic carbocycles. The lowest BCUT2D eigenvalue weighted by atomic mass is 9.97. The molecule has 0 saturated carbocycles. The fourth-order valence-corrected chi connectivity index (χ4v) is 3.65. The lowest BCUT2D eigenvalue weighted by molar-refractivity contribution is -0.115. The van der Waals surface area contributed by atoms with Crippen LogP contribution in [0, 0.1) is 0 Å². The molecule has 1 aliphatic carbocycles. The van der Waals surface area contributed by atoms with Crippen molar-refractivity contribution in [3.8, 4) is 0 Å². The third-order valence-electron chi connectivity index (χ3n) is 4.24. The molecule has 0 aliphatic heterocycles. The predicted molar refractivity (Wildman–Crippen MR) is 103 cm³/mol. The van der Waals surface area contributed by atoms with Gasteiger partial charge in [0.1, 0.15) is 0 Å². The molecule has 2 aromatic rings. The minimum Gasteiger partial charge on any atom is -0.385 e. The normalized spacial score (nSPS) is 14.1. The predicted octanol–water partition coefficient (Wildman–Crippen LogP) is 5.23. The van der Waals surface area contributed by atoms with Crippen LogP contribution in [0.4, 0.5) is 11.4 Å². The van der Waals surface area contributed by atoms with Crippen molar-refractivity contribution in [2.45, 2.75) is 38.5 Å². The first-order valence-corrected chi connectivity index (χ1v) is 9.52. The van der Waals surface area contributed by atoms with E-state index in [9.17, 15) is 4.79 Å². The SMILES string of the molecule is O=C(Cc1cccs1)Nc1ccc(NCCC2=CCCCC2)cc1. The molecule has 0 atom stereocenters. The third kappa shape index (κ3) is 5.24. The first-order chi connectivity index (χ1) is 11.8. The van der Waals surface area contributed by atoms with Gasteiger partial charge in [-0.05, 0) is 67.8 Å².